The van der Waals surface area contributed by atoms with Crippen LogP contribution in [0.3, 0.4) is 0 Å². The minimum Gasteiger partial charge on any atom is -0.490 e. The first kappa shape index (κ1) is 13.4. The van der Waals surface area contributed by atoms with Crippen molar-refractivity contribution < 1.29 is 4.74 Å². The first-order valence-electron chi connectivity index (χ1n) is 6.02. The molecule has 92 valence electrons. The van der Waals surface area contributed by atoms with E-state index in [0.717, 1.165) is 24.5 Å². The molecular formula is C12H22N2OS. The minimum atomic E-state index is 0.396. The second kappa shape index (κ2) is 7.60. The summed E-state index contributed by atoms with van der Waals surface area (Å²) in [5, 5.41) is 4.23. The molecule has 1 aromatic heterocycles. The van der Waals surface area contributed by atoms with E-state index >= 15 is 0 Å². The first-order valence-corrected chi connectivity index (χ1v) is 6.65. The topological polar surface area (TPSA) is 27.1 Å². The fourth-order valence-electron chi connectivity index (χ4n) is 1.43. The monoisotopic (exact) mass is 242 g/mol. The molecule has 0 bridgehead atoms. The van der Waals surface area contributed by atoms with Crippen LogP contribution in [0.4, 0.5) is 0 Å². The molecule has 0 aliphatic heterocycles. The lowest BCUT2D eigenvalue weighted by atomic mass is 10.2. The van der Waals surface area contributed by atoms with Crippen LogP contribution in [-0.4, -0.2) is 22.1 Å². The summed E-state index contributed by atoms with van der Waals surface area (Å²) in [6.07, 6.45) is 8.53. The van der Waals surface area contributed by atoms with Gasteiger partial charge in [0.1, 0.15) is 0 Å². The summed E-state index contributed by atoms with van der Waals surface area (Å²) in [6.45, 7) is 5.00. The largest absolute Gasteiger partial charge is 0.490 e. The number of thiol groups is 1. The zero-order valence-corrected chi connectivity index (χ0v) is 11.1. The van der Waals surface area contributed by atoms with Gasteiger partial charge in [0.15, 0.2) is 5.75 Å². The number of hydrogen-bond acceptors (Lipinski definition) is 3. The van der Waals surface area contributed by atoms with Gasteiger partial charge in [0.25, 0.3) is 0 Å². The highest BCUT2D eigenvalue weighted by molar-refractivity contribution is 7.80. The van der Waals surface area contributed by atoms with Gasteiger partial charge in [-0.2, -0.15) is 17.7 Å². The highest BCUT2D eigenvalue weighted by atomic mass is 32.1. The number of ether oxygens (including phenoxy) is 1. The summed E-state index contributed by atoms with van der Waals surface area (Å²) in [6, 6.07) is 0.396. The standard InChI is InChI=1S/C12H22N2OS/c1-11(2)14-10-12(9-13-14)15-7-5-3-4-6-8-16/h9-11,16H,3-8H2,1-2H3. The minimum absolute atomic E-state index is 0.396. The van der Waals surface area contributed by atoms with Crippen molar-refractivity contribution in [1.29, 1.82) is 0 Å². The van der Waals surface area contributed by atoms with Crippen molar-refractivity contribution in [2.45, 2.75) is 45.6 Å². The zero-order chi connectivity index (χ0) is 11.8. The Morgan fingerprint density at radius 1 is 1.31 bits per heavy atom. The van der Waals surface area contributed by atoms with Crippen molar-refractivity contribution >= 4 is 12.6 Å². The Kier molecular flexibility index (Phi) is 6.38. The van der Waals surface area contributed by atoms with E-state index < -0.39 is 0 Å². The van der Waals surface area contributed by atoms with E-state index in [0.29, 0.717) is 6.04 Å². The molecule has 0 atom stereocenters. The van der Waals surface area contributed by atoms with Crippen LogP contribution >= 0.6 is 12.6 Å². The van der Waals surface area contributed by atoms with Crippen LogP contribution in [0.25, 0.3) is 0 Å². The average Bonchev–Trinajstić information content (AvgIpc) is 2.72. The maximum atomic E-state index is 5.61. The fraction of sp³-hybridized carbons (Fsp3) is 0.750. The van der Waals surface area contributed by atoms with E-state index in [-0.39, 0.29) is 0 Å². The van der Waals surface area contributed by atoms with Crippen molar-refractivity contribution in [3.05, 3.63) is 12.4 Å². The lowest BCUT2D eigenvalue weighted by molar-refractivity contribution is 0.304. The van der Waals surface area contributed by atoms with Crippen molar-refractivity contribution in [1.82, 2.24) is 9.78 Å². The molecule has 0 unspecified atom stereocenters. The SMILES string of the molecule is CC(C)n1cc(OCCCCCCS)cn1. The van der Waals surface area contributed by atoms with Crippen molar-refractivity contribution in [2.24, 2.45) is 0 Å². The van der Waals surface area contributed by atoms with Gasteiger partial charge in [-0.25, -0.2) is 0 Å². The summed E-state index contributed by atoms with van der Waals surface area (Å²) < 4.78 is 7.53. The Hall–Kier alpha value is -0.640. The maximum absolute atomic E-state index is 5.61. The smallest absolute Gasteiger partial charge is 0.157 e. The molecule has 0 fully saturated rings. The van der Waals surface area contributed by atoms with Crippen LogP contribution in [0.5, 0.6) is 5.75 Å². The van der Waals surface area contributed by atoms with Crippen LogP contribution in [0.1, 0.15) is 45.6 Å². The van der Waals surface area contributed by atoms with Gasteiger partial charge in [-0.3, -0.25) is 4.68 Å². The summed E-state index contributed by atoms with van der Waals surface area (Å²) in [7, 11) is 0. The molecule has 1 aromatic rings. The third-order valence-electron chi connectivity index (χ3n) is 2.43. The first-order chi connectivity index (χ1) is 7.74. The van der Waals surface area contributed by atoms with Gasteiger partial charge in [-0.05, 0) is 32.4 Å². The molecular weight excluding hydrogens is 220 g/mol. The van der Waals surface area contributed by atoms with Crippen LogP contribution in [0, 0.1) is 0 Å². The zero-order valence-electron chi connectivity index (χ0n) is 10.2. The van der Waals surface area contributed by atoms with Crippen LogP contribution in [-0.2, 0) is 0 Å². The van der Waals surface area contributed by atoms with Crippen molar-refractivity contribution in [3.8, 4) is 5.75 Å². The fourth-order valence-corrected chi connectivity index (χ4v) is 1.66. The maximum Gasteiger partial charge on any atom is 0.157 e. The van der Waals surface area contributed by atoms with Gasteiger partial charge in [0.05, 0.1) is 19.0 Å². The molecule has 0 aliphatic carbocycles. The Bertz CT molecular complexity index is 286. The molecule has 0 aromatic carbocycles. The van der Waals surface area contributed by atoms with Gasteiger partial charge in [0.2, 0.25) is 0 Å². The lowest BCUT2D eigenvalue weighted by Gasteiger charge is -2.04. The van der Waals surface area contributed by atoms with E-state index in [1.165, 1.54) is 19.3 Å². The molecule has 16 heavy (non-hydrogen) atoms. The van der Waals surface area contributed by atoms with E-state index in [4.69, 9.17) is 4.74 Å². The van der Waals surface area contributed by atoms with Gasteiger partial charge >= 0.3 is 0 Å². The van der Waals surface area contributed by atoms with E-state index in [2.05, 4.69) is 31.6 Å². The molecule has 0 radical (unpaired) electrons. The molecule has 1 rings (SSSR count). The molecule has 1 heterocycles. The highest BCUT2D eigenvalue weighted by Gasteiger charge is 2.01. The second-order valence-electron chi connectivity index (χ2n) is 4.24. The molecule has 0 amide bonds. The predicted molar refractivity (Wildman–Crippen MR) is 70.4 cm³/mol. The summed E-state index contributed by atoms with van der Waals surface area (Å²) >= 11 is 4.18. The summed E-state index contributed by atoms with van der Waals surface area (Å²) in [4.78, 5) is 0. The predicted octanol–water partition coefficient (Wildman–Crippen LogP) is 3.33. The highest BCUT2D eigenvalue weighted by Crippen LogP contribution is 2.13. The van der Waals surface area contributed by atoms with Crippen molar-refractivity contribution in [3.63, 3.8) is 0 Å². The molecule has 0 spiro atoms. The average molecular weight is 242 g/mol. The van der Waals surface area contributed by atoms with E-state index in [9.17, 15) is 0 Å². The molecule has 0 N–H and O–H groups in total. The Balaban J connectivity index is 2.12. The quantitative estimate of drug-likeness (QED) is 0.559. The molecule has 0 saturated heterocycles. The molecule has 4 heteroatoms. The second-order valence-corrected chi connectivity index (χ2v) is 4.68. The normalized spacial score (nSPS) is 11.0. The lowest BCUT2D eigenvalue weighted by Crippen LogP contribution is -2.00. The third kappa shape index (κ3) is 4.92. The van der Waals surface area contributed by atoms with Gasteiger partial charge in [-0.1, -0.05) is 12.8 Å². The Labute approximate surface area is 104 Å². The Morgan fingerprint density at radius 2 is 2.06 bits per heavy atom. The number of hydrogen-bond donors (Lipinski definition) is 1. The number of rotatable bonds is 8. The molecule has 0 aliphatic rings. The third-order valence-corrected chi connectivity index (χ3v) is 2.74. The molecule has 3 nitrogen and oxygen atoms in total. The van der Waals surface area contributed by atoms with Crippen LogP contribution in [0.2, 0.25) is 0 Å². The summed E-state index contributed by atoms with van der Waals surface area (Å²) in [5.74, 6) is 1.87. The van der Waals surface area contributed by atoms with Crippen LogP contribution < -0.4 is 4.74 Å². The van der Waals surface area contributed by atoms with Crippen molar-refractivity contribution in [2.75, 3.05) is 12.4 Å². The van der Waals surface area contributed by atoms with E-state index in [1.807, 2.05) is 10.9 Å². The van der Waals surface area contributed by atoms with Gasteiger partial charge < -0.3 is 4.74 Å². The number of unbranched alkanes of at least 4 members (excludes halogenated alkanes) is 3. The number of nitrogens with zero attached hydrogens (tertiary/aromatic N) is 2. The van der Waals surface area contributed by atoms with Crippen LogP contribution in [0.15, 0.2) is 12.4 Å². The summed E-state index contributed by atoms with van der Waals surface area (Å²) in [5.41, 5.74) is 0. The van der Waals surface area contributed by atoms with Gasteiger partial charge in [0, 0.05) is 6.04 Å². The number of aromatic nitrogens is 2. The van der Waals surface area contributed by atoms with Gasteiger partial charge in [-0.15, -0.1) is 0 Å². The molecule has 0 saturated carbocycles. The Morgan fingerprint density at radius 3 is 2.69 bits per heavy atom. The van der Waals surface area contributed by atoms with E-state index in [1.54, 1.807) is 6.20 Å².